The van der Waals surface area contributed by atoms with E-state index in [0.717, 1.165) is 11.1 Å². The van der Waals surface area contributed by atoms with E-state index < -0.39 is 5.91 Å². The van der Waals surface area contributed by atoms with Gasteiger partial charge in [-0.05, 0) is 32.4 Å². The Kier molecular flexibility index (Phi) is 4.05. The van der Waals surface area contributed by atoms with Gasteiger partial charge in [0, 0.05) is 5.57 Å². The zero-order chi connectivity index (χ0) is 9.72. The zero-order valence-corrected chi connectivity index (χ0v) is 7.85. The molecule has 0 unspecified atom stereocenters. The summed E-state index contributed by atoms with van der Waals surface area (Å²) >= 11 is 0. The molecule has 2 nitrogen and oxygen atoms in total. The Hall–Kier alpha value is -1.31. The van der Waals surface area contributed by atoms with Gasteiger partial charge >= 0.3 is 0 Å². The summed E-state index contributed by atoms with van der Waals surface area (Å²) < 4.78 is 0. The van der Waals surface area contributed by atoms with Crippen LogP contribution in [0.2, 0.25) is 0 Å². The van der Waals surface area contributed by atoms with Gasteiger partial charge in [-0.2, -0.15) is 0 Å². The van der Waals surface area contributed by atoms with Crippen LogP contribution in [-0.4, -0.2) is 5.91 Å². The topological polar surface area (TPSA) is 43.1 Å². The maximum atomic E-state index is 10.8. The normalized spacial score (nSPS) is 12.9. The first kappa shape index (κ1) is 10.7. The predicted molar refractivity (Wildman–Crippen MR) is 51.5 cm³/mol. The minimum atomic E-state index is -0.405. The molecule has 0 rings (SSSR count). The van der Waals surface area contributed by atoms with E-state index in [4.69, 9.17) is 5.73 Å². The van der Waals surface area contributed by atoms with Gasteiger partial charge in [0.1, 0.15) is 0 Å². The minimum Gasteiger partial charge on any atom is -0.366 e. The van der Waals surface area contributed by atoms with E-state index in [2.05, 4.69) is 6.58 Å². The third kappa shape index (κ3) is 3.19. The van der Waals surface area contributed by atoms with Crippen molar-refractivity contribution in [1.82, 2.24) is 0 Å². The first-order valence-corrected chi connectivity index (χ1v) is 3.79. The Morgan fingerprint density at radius 3 is 2.17 bits per heavy atom. The molecule has 2 heteroatoms. The van der Waals surface area contributed by atoms with Crippen LogP contribution in [-0.2, 0) is 4.79 Å². The van der Waals surface area contributed by atoms with Gasteiger partial charge < -0.3 is 5.73 Å². The second kappa shape index (κ2) is 4.54. The van der Waals surface area contributed by atoms with Crippen molar-refractivity contribution < 1.29 is 4.79 Å². The van der Waals surface area contributed by atoms with Crippen molar-refractivity contribution in [3.05, 3.63) is 35.5 Å². The lowest BCUT2D eigenvalue weighted by Gasteiger charge is -1.99. The Morgan fingerprint density at radius 2 is 1.92 bits per heavy atom. The van der Waals surface area contributed by atoms with Crippen LogP contribution >= 0.6 is 0 Å². The predicted octanol–water partition coefficient (Wildman–Crippen LogP) is 1.94. The van der Waals surface area contributed by atoms with E-state index >= 15 is 0 Å². The Labute approximate surface area is 73.5 Å². The number of amides is 1. The van der Waals surface area contributed by atoms with Crippen LogP contribution in [0.3, 0.4) is 0 Å². The molecule has 0 aliphatic heterocycles. The Bertz CT molecular complexity index is 259. The van der Waals surface area contributed by atoms with Crippen LogP contribution in [0.4, 0.5) is 0 Å². The summed E-state index contributed by atoms with van der Waals surface area (Å²) in [6.45, 7) is 9.32. The lowest BCUT2D eigenvalue weighted by Crippen LogP contribution is -2.12. The molecule has 0 spiro atoms. The number of allylic oxidation sites excluding steroid dienone is 3. The molecule has 0 atom stereocenters. The summed E-state index contributed by atoms with van der Waals surface area (Å²) in [6, 6.07) is 0. The summed E-state index contributed by atoms with van der Waals surface area (Å²) in [7, 11) is 0. The molecule has 0 aliphatic carbocycles. The number of primary amides is 1. The van der Waals surface area contributed by atoms with Gasteiger partial charge in [-0.25, -0.2) is 0 Å². The average Bonchev–Trinajstić information content (AvgIpc) is 1.98. The van der Waals surface area contributed by atoms with Gasteiger partial charge in [-0.1, -0.05) is 18.2 Å². The first-order valence-electron chi connectivity index (χ1n) is 3.79. The van der Waals surface area contributed by atoms with Crippen molar-refractivity contribution in [3.8, 4) is 0 Å². The number of rotatable bonds is 3. The van der Waals surface area contributed by atoms with Crippen LogP contribution in [0.25, 0.3) is 0 Å². The van der Waals surface area contributed by atoms with Crippen molar-refractivity contribution in [2.75, 3.05) is 0 Å². The van der Waals surface area contributed by atoms with Crippen molar-refractivity contribution in [1.29, 1.82) is 0 Å². The van der Waals surface area contributed by atoms with Crippen LogP contribution < -0.4 is 5.73 Å². The number of hydrogen-bond acceptors (Lipinski definition) is 1. The van der Waals surface area contributed by atoms with Crippen molar-refractivity contribution in [2.24, 2.45) is 5.73 Å². The SMILES string of the molecule is C=C(C)/C(C)=C\C(=C/C)C(N)=O. The van der Waals surface area contributed by atoms with Crippen molar-refractivity contribution in [2.45, 2.75) is 20.8 Å². The summed E-state index contributed by atoms with van der Waals surface area (Å²) in [5, 5.41) is 0. The van der Waals surface area contributed by atoms with E-state index in [-0.39, 0.29) is 0 Å². The van der Waals surface area contributed by atoms with Gasteiger partial charge in [-0.15, -0.1) is 0 Å². The van der Waals surface area contributed by atoms with Crippen molar-refractivity contribution in [3.63, 3.8) is 0 Å². The third-order valence-corrected chi connectivity index (χ3v) is 1.64. The van der Waals surface area contributed by atoms with E-state index in [1.54, 1.807) is 19.1 Å². The van der Waals surface area contributed by atoms with E-state index in [0.29, 0.717) is 5.57 Å². The number of nitrogens with two attached hydrogens (primary N) is 1. The molecule has 0 saturated heterocycles. The fraction of sp³-hybridized carbons (Fsp3) is 0.300. The standard InChI is InChI=1S/C10H15NO/c1-5-9(10(11)12)6-8(4)7(2)3/h5-6H,2H2,1,3-4H3,(H2,11,12)/b8-6-,9-5+. The van der Waals surface area contributed by atoms with Gasteiger partial charge in [0.05, 0.1) is 0 Å². The maximum Gasteiger partial charge on any atom is 0.248 e. The molecule has 0 aromatic carbocycles. The average molecular weight is 165 g/mol. The van der Waals surface area contributed by atoms with Crippen LogP contribution in [0.1, 0.15) is 20.8 Å². The van der Waals surface area contributed by atoms with E-state index in [1.165, 1.54) is 0 Å². The molecule has 0 aromatic heterocycles. The highest BCUT2D eigenvalue weighted by Gasteiger charge is 1.99. The highest BCUT2D eigenvalue weighted by molar-refractivity contribution is 5.94. The third-order valence-electron chi connectivity index (χ3n) is 1.64. The van der Waals surface area contributed by atoms with E-state index in [9.17, 15) is 4.79 Å². The van der Waals surface area contributed by atoms with Crippen LogP contribution in [0.15, 0.2) is 35.5 Å². The minimum absolute atomic E-state index is 0.405. The van der Waals surface area contributed by atoms with E-state index in [1.807, 2.05) is 13.8 Å². The molecule has 0 aliphatic rings. The molecule has 0 saturated carbocycles. The molecule has 0 radical (unpaired) electrons. The molecular formula is C10H15NO. The molecule has 66 valence electrons. The number of carbonyl (C=O) groups excluding carboxylic acids is 1. The molecular weight excluding hydrogens is 150 g/mol. The van der Waals surface area contributed by atoms with Crippen LogP contribution in [0.5, 0.6) is 0 Å². The fourth-order valence-electron chi connectivity index (χ4n) is 0.653. The molecule has 1 amide bonds. The number of carbonyl (C=O) groups is 1. The lowest BCUT2D eigenvalue weighted by atomic mass is 10.1. The lowest BCUT2D eigenvalue weighted by molar-refractivity contribution is -0.114. The zero-order valence-electron chi connectivity index (χ0n) is 7.85. The maximum absolute atomic E-state index is 10.8. The quantitative estimate of drug-likeness (QED) is 0.504. The Morgan fingerprint density at radius 1 is 1.42 bits per heavy atom. The summed E-state index contributed by atoms with van der Waals surface area (Å²) in [4.78, 5) is 10.8. The highest BCUT2D eigenvalue weighted by atomic mass is 16.1. The smallest absolute Gasteiger partial charge is 0.248 e. The molecule has 0 bridgehead atoms. The summed E-state index contributed by atoms with van der Waals surface area (Å²) in [5.41, 5.74) is 7.55. The summed E-state index contributed by atoms with van der Waals surface area (Å²) in [5.74, 6) is -0.405. The first-order chi connectivity index (χ1) is 5.49. The van der Waals surface area contributed by atoms with Crippen molar-refractivity contribution >= 4 is 5.91 Å². The molecule has 0 heterocycles. The molecule has 0 aromatic rings. The second-order valence-corrected chi connectivity index (χ2v) is 2.72. The molecule has 0 fully saturated rings. The van der Waals surface area contributed by atoms with Crippen LogP contribution in [0, 0.1) is 0 Å². The Balaban J connectivity index is 4.72. The largest absolute Gasteiger partial charge is 0.366 e. The second-order valence-electron chi connectivity index (χ2n) is 2.72. The number of hydrogen-bond donors (Lipinski definition) is 1. The summed E-state index contributed by atoms with van der Waals surface area (Å²) in [6.07, 6.45) is 3.43. The highest BCUT2D eigenvalue weighted by Crippen LogP contribution is 2.08. The fourth-order valence-corrected chi connectivity index (χ4v) is 0.653. The molecule has 12 heavy (non-hydrogen) atoms. The van der Waals surface area contributed by atoms with Gasteiger partial charge in [0.15, 0.2) is 0 Å². The van der Waals surface area contributed by atoms with Gasteiger partial charge in [0.2, 0.25) is 5.91 Å². The monoisotopic (exact) mass is 165 g/mol. The molecule has 2 N–H and O–H groups in total. The van der Waals surface area contributed by atoms with Gasteiger partial charge in [0.25, 0.3) is 0 Å². The van der Waals surface area contributed by atoms with Gasteiger partial charge in [-0.3, -0.25) is 4.79 Å².